The van der Waals surface area contributed by atoms with Gasteiger partial charge in [0, 0.05) is 12.6 Å². The summed E-state index contributed by atoms with van der Waals surface area (Å²) in [5.74, 6) is -0.0782. The summed E-state index contributed by atoms with van der Waals surface area (Å²) < 4.78 is 13.7. The third kappa shape index (κ3) is 2.37. The van der Waals surface area contributed by atoms with Gasteiger partial charge in [0.2, 0.25) is 0 Å². The third-order valence-corrected chi connectivity index (χ3v) is 3.41. The Balaban J connectivity index is 2.19. The van der Waals surface area contributed by atoms with Crippen LogP contribution in [-0.4, -0.2) is 12.6 Å². The van der Waals surface area contributed by atoms with Crippen molar-refractivity contribution in [3.05, 3.63) is 30.1 Å². The summed E-state index contributed by atoms with van der Waals surface area (Å²) >= 11 is 0. The average molecular weight is 221 g/mol. The van der Waals surface area contributed by atoms with Crippen LogP contribution >= 0.6 is 0 Å². The minimum absolute atomic E-state index is 0.0782. The molecule has 0 aliphatic carbocycles. The molecule has 2 heteroatoms. The maximum Gasteiger partial charge on any atom is 0.146 e. The largest absolute Gasteiger partial charge is 0.366 e. The number of piperidine rings is 1. The van der Waals surface area contributed by atoms with Crippen molar-refractivity contribution in [3.63, 3.8) is 0 Å². The Hall–Kier alpha value is -1.05. The first kappa shape index (κ1) is 11.4. The normalized spacial score (nSPS) is 21.1. The molecule has 0 bridgehead atoms. The first-order valence-corrected chi connectivity index (χ1v) is 6.34. The van der Waals surface area contributed by atoms with Gasteiger partial charge in [0.1, 0.15) is 5.82 Å². The van der Waals surface area contributed by atoms with Crippen molar-refractivity contribution >= 4 is 5.69 Å². The van der Waals surface area contributed by atoms with E-state index in [2.05, 4.69) is 11.8 Å². The molecule has 0 aromatic heterocycles. The fourth-order valence-electron chi connectivity index (χ4n) is 2.64. The van der Waals surface area contributed by atoms with Gasteiger partial charge in [-0.15, -0.1) is 0 Å². The second-order valence-electron chi connectivity index (χ2n) is 4.58. The predicted molar refractivity (Wildman–Crippen MR) is 66.3 cm³/mol. The van der Waals surface area contributed by atoms with E-state index in [4.69, 9.17) is 0 Å². The van der Waals surface area contributed by atoms with Crippen molar-refractivity contribution in [2.75, 3.05) is 11.4 Å². The molecule has 1 aliphatic rings. The number of rotatable bonds is 3. The molecule has 0 amide bonds. The molecule has 16 heavy (non-hydrogen) atoms. The molecule has 1 atom stereocenters. The lowest BCUT2D eigenvalue weighted by Gasteiger charge is -2.37. The van der Waals surface area contributed by atoms with Gasteiger partial charge in [-0.2, -0.15) is 0 Å². The van der Waals surface area contributed by atoms with Crippen LogP contribution in [0.3, 0.4) is 0 Å². The van der Waals surface area contributed by atoms with Crippen LogP contribution in [-0.2, 0) is 0 Å². The molecule has 0 saturated carbocycles. The quantitative estimate of drug-likeness (QED) is 0.746. The van der Waals surface area contributed by atoms with E-state index >= 15 is 0 Å². The van der Waals surface area contributed by atoms with Crippen molar-refractivity contribution in [1.82, 2.24) is 0 Å². The van der Waals surface area contributed by atoms with Crippen LogP contribution in [0.25, 0.3) is 0 Å². The van der Waals surface area contributed by atoms with Crippen molar-refractivity contribution in [2.45, 2.75) is 45.1 Å². The Labute approximate surface area is 97.3 Å². The standard InChI is InChI=1S/C14H20FN/c1-2-7-12-8-5-6-11-16(12)14-10-4-3-9-13(14)15/h3-4,9-10,12H,2,5-8,11H2,1H3/t12-/m1/s1. The maximum absolute atomic E-state index is 13.7. The van der Waals surface area contributed by atoms with E-state index in [-0.39, 0.29) is 5.82 Å². The van der Waals surface area contributed by atoms with Crippen LogP contribution in [0.4, 0.5) is 10.1 Å². The van der Waals surface area contributed by atoms with E-state index < -0.39 is 0 Å². The zero-order valence-corrected chi connectivity index (χ0v) is 9.95. The van der Waals surface area contributed by atoms with E-state index in [0.29, 0.717) is 6.04 Å². The maximum atomic E-state index is 13.7. The number of halogens is 1. The molecule has 1 heterocycles. The molecule has 0 radical (unpaired) electrons. The SMILES string of the molecule is CCC[C@@H]1CCCCN1c1ccccc1F. The fourth-order valence-corrected chi connectivity index (χ4v) is 2.64. The first-order chi connectivity index (χ1) is 7.83. The molecular formula is C14H20FN. The molecule has 88 valence electrons. The zero-order chi connectivity index (χ0) is 11.4. The highest BCUT2D eigenvalue weighted by atomic mass is 19.1. The van der Waals surface area contributed by atoms with Gasteiger partial charge < -0.3 is 4.90 Å². The Morgan fingerprint density at radius 1 is 1.31 bits per heavy atom. The van der Waals surface area contributed by atoms with Crippen molar-refractivity contribution in [2.24, 2.45) is 0 Å². The molecule has 1 aliphatic heterocycles. The van der Waals surface area contributed by atoms with E-state index in [1.807, 2.05) is 12.1 Å². The van der Waals surface area contributed by atoms with Crippen molar-refractivity contribution in [1.29, 1.82) is 0 Å². The average Bonchev–Trinajstić information content (AvgIpc) is 2.31. The summed E-state index contributed by atoms with van der Waals surface area (Å²) in [6.45, 7) is 3.21. The first-order valence-electron chi connectivity index (χ1n) is 6.34. The van der Waals surface area contributed by atoms with Crippen LogP contribution in [0.1, 0.15) is 39.0 Å². The lowest BCUT2D eigenvalue weighted by molar-refractivity contribution is 0.429. The minimum Gasteiger partial charge on any atom is -0.366 e. The van der Waals surface area contributed by atoms with Crippen LogP contribution in [0.15, 0.2) is 24.3 Å². The molecule has 2 rings (SSSR count). The highest BCUT2D eigenvalue weighted by Crippen LogP contribution is 2.28. The number of anilines is 1. The molecule has 0 unspecified atom stereocenters. The zero-order valence-electron chi connectivity index (χ0n) is 9.95. The van der Waals surface area contributed by atoms with Gasteiger partial charge >= 0.3 is 0 Å². The number of para-hydroxylation sites is 1. The summed E-state index contributed by atoms with van der Waals surface area (Å²) in [5.41, 5.74) is 0.792. The van der Waals surface area contributed by atoms with E-state index in [0.717, 1.165) is 12.2 Å². The highest BCUT2D eigenvalue weighted by molar-refractivity contribution is 5.48. The number of nitrogens with zero attached hydrogens (tertiary/aromatic N) is 1. The minimum atomic E-state index is -0.0782. The van der Waals surface area contributed by atoms with Crippen molar-refractivity contribution < 1.29 is 4.39 Å². The van der Waals surface area contributed by atoms with Gasteiger partial charge in [0.25, 0.3) is 0 Å². The van der Waals surface area contributed by atoms with Gasteiger partial charge in [0.05, 0.1) is 5.69 Å². The lowest BCUT2D eigenvalue weighted by atomic mass is 9.97. The molecule has 1 saturated heterocycles. The fraction of sp³-hybridized carbons (Fsp3) is 0.571. The Bertz CT molecular complexity index is 335. The summed E-state index contributed by atoms with van der Waals surface area (Å²) in [6.07, 6.45) is 6.04. The summed E-state index contributed by atoms with van der Waals surface area (Å²) in [5, 5.41) is 0. The smallest absolute Gasteiger partial charge is 0.146 e. The molecule has 1 fully saturated rings. The van der Waals surface area contributed by atoms with Gasteiger partial charge in [-0.1, -0.05) is 25.5 Å². The van der Waals surface area contributed by atoms with Crippen LogP contribution in [0, 0.1) is 5.82 Å². The number of benzene rings is 1. The summed E-state index contributed by atoms with van der Waals surface area (Å²) in [6, 6.07) is 7.69. The van der Waals surface area contributed by atoms with Crippen LogP contribution in [0.2, 0.25) is 0 Å². The van der Waals surface area contributed by atoms with E-state index in [1.165, 1.54) is 32.1 Å². The third-order valence-electron chi connectivity index (χ3n) is 3.41. The van der Waals surface area contributed by atoms with Gasteiger partial charge in [0.15, 0.2) is 0 Å². The predicted octanol–water partition coefficient (Wildman–Crippen LogP) is 3.98. The number of hydrogen-bond donors (Lipinski definition) is 0. The monoisotopic (exact) mass is 221 g/mol. The molecule has 0 N–H and O–H groups in total. The van der Waals surface area contributed by atoms with Gasteiger partial charge in [-0.3, -0.25) is 0 Å². The summed E-state index contributed by atoms with van der Waals surface area (Å²) in [4.78, 5) is 2.27. The Kier molecular flexibility index (Phi) is 3.81. The number of hydrogen-bond acceptors (Lipinski definition) is 1. The topological polar surface area (TPSA) is 3.24 Å². The van der Waals surface area contributed by atoms with Crippen molar-refractivity contribution in [3.8, 4) is 0 Å². The molecular weight excluding hydrogens is 201 g/mol. The Morgan fingerprint density at radius 3 is 2.88 bits per heavy atom. The lowest BCUT2D eigenvalue weighted by Crippen LogP contribution is -2.39. The molecule has 1 nitrogen and oxygen atoms in total. The Morgan fingerprint density at radius 2 is 2.12 bits per heavy atom. The van der Waals surface area contributed by atoms with Gasteiger partial charge in [-0.25, -0.2) is 4.39 Å². The van der Waals surface area contributed by atoms with E-state index in [1.54, 1.807) is 12.1 Å². The van der Waals surface area contributed by atoms with Crippen LogP contribution in [0.5, 0.6) is 0 Å². The summed E-state index contributed by atoms with van der Waals surface area (Å²) in [7, 11) is 0. The molecule has 1 aromatic rings. The molecule has 0 spiro atoms. The van der Waals surface area contributed by atoms with E-state index in [9.17, 15) is 4.39 Å². The van der Waals surface area contributed by atoms with Gasteiger partial charge in [-0.05, 0) is 37.8 Å². The van der Waals surface area contributed by atoms with Crippen LogP contribution < -0.4 is 4.90 Å². The highest BCUT2D eigenvalue weighted by Gasteiger charge is 2.23. The second-order valence-corrected chi connectivity index (χ2v) is 4.58. The molecule has 1 aromatic carbocycles. The second kappa shape index (κ2) is 5.33.